The maximum atomic E-state index is 5.88. The molecule has 3 nitrogen and oxygen atoms in total. The fourth-order valence-corrected chi connectivity index (χ4v) is 2.45. The molecule has 0 saturated carbocycles. The predicted octanol–water partition coefficient (Wildman–Crippen LogP) is 3.39. The number of hydrogen-bond acceptors (Lipinski definition) is 3. The Morgan fingerprint density at radius 1 is 1.21 bits per heavy atom. The van der Waals surface area contributed by atoms with Gasteiger partial charge in [0.1, 0.15) is 11.6 Å². The van der Waals surface area contributed by atoms with E-state index in [0.29, 0.717) is 18.3 Å². The molecule has 0 unspecified atom stereocenters. The van der Waals surface area contributed by atoms with Crippen molar-refractivity contribution < 1.29 is 4.74 Å². The summed E-state index contributed by atoms with van der Waals surface area (Å²) in [7, 11) is 0. The van der Waals surface area contributed by atoms with Crippen LogP contribution in [0.15, 0.2) is 30.3 Å². The monoisotopic (exact) mass is 254 g/mol. The molecule has 0 amide bonds. The number of ether oxygens (including phenoxy) is 1. The van der Waals surface area contributed by atoms with Crippen LogP contribution in [-0.4, -0.2) is 11.6 Å². The Morgan fingerprint density at radius 2 is 1.95 bits per heavy atom. The van der Waals surface area contributed by atoms with Crippen molar-refractivity contribution in [1.29, 1.82) is 0 Å². The number of pyridine rings is 1. The first kappa shape index (κ1) is 12.0. The number of benzene rings is 1. The maximum absolute atomic E-state index is 5.88. The molecule has 0 aliphatic carbocycles. The zero-order chi connectivity index (χ0) is 13.4. The maximum Gasteiger partial charge on any atom is 0.148 e. The Hall–Kier alpha value is -2.03. The summed E-state index contributed by atoms with van der Waals surface area (Å²) in [6.45, 7) is 5.09. The summed E-state index contributed by atoms with van der Waals surface area (Å²) in [5.41, 5.74) is 10.4. The van der Waals surface area contributed by atoms with Crippen LogP contribution in [0, 0.1) is 0 Å². The second kappa shape index (κ2) is 4.57. The van der Waals surface area contributed by atoms with Gasteiger partial charge in [0, 0.05) is 12.0 Å². The van der Waals surface area contributed by atoms with E-state index in [2.05, 4.69) is 43.1 Å². The number of aromatic nitrogens is 1. The standard InChI is InChI=1S/C16H18N2O/c1-10(2)11-3-5-12(6-4-11)13-9-15(17)18-14-7-8-19-16(13)14/h3-6,9-10H,7-8H2,1-2H3,(H2,17,18). The average molecular weight is 254 g/mol. The molecule has 3 rings (SSSR count). The van der Waals surface area contributed by atoms with Gasteiger partial charge in [-0.05, 0) is 23.1 Å². The first-order valence-corrected chi connectivity index (χ1v) is 6.67. The Labute approximate surface area is 113 Å². The molecule has 2 aromatic rings. The minimum atomic E-state index is 0.540. The van der Waals surface area contributed by atoms with Crippen LogP contribution in [0.2, 0.25) is 0 Å². The first-order chi connectivity index (χ1) is 9.15. The summed E-state index contributed by atoms with van der Waals surface area (Å²) in [6, 6.07) is 10.5. The smallest absolute Gasteiger partial charge is 0.148 e. The third-order valence-electron chi connectivity index (χ3n) is 3.54. The van der Waals surface area contributed by atoms with Crippen molar-refractivity contribution in [3.8, 4) is 16.9 Å². The van der Waals surface area contributed by atoms with Gasteiger partial charge in [-0.25, -0.2) is 4.98 Å². The number of anilines is 1. The summed E-state index contributed by atoms with van der Waals surface area (Å²) in [4.78, 5) is 4.34. The van der Waals surface area contributed by atoms with E-state index >= 15 is 0 Å². The van der Waals surface area contributed by atoms with E-state index in [1.807, 2.05) is 6.07 Å². The second-order valence-corrected chi connectivity index (χ2v) is 5.25. The summed E-state index contributed by atoms with van der Waals surface area (Å²) >= 11 is 0. The molecule has 0 fully saturated rings. The number of rotatable bonds is 2. The van der Waals surface area contributed by atoms with E-state index < -0.39 is 0 Å². The number of nitrogens with two attached hydrogens (primary N) is 1. The number of fused-ring (bicyclic) bond motifs is 1. The molecule has 1 aromatic heterocycles. The third kappa shape index (κ3) is 2.16. The Kier molecular flexibility index (Phi) is 2.90. The first-order valence-electron chi connectivity index (χ1n) is 6.67. The molecule has 0 saturated heterocycles. The van der Waals surface area contributed by atoms with Crippen LogP contribution in [0.4, 0.5) is 5.82 Å². The van der Waals surface area contributed by atoms with Crippen LogP contribution in [0.25, 0.3) is 11.1 Å². The molecule has 1 aliphatic heterocycles. The molecule has 0 radical (unpaired) electrons. The molecular weight excluding hydrogens is 236 g/mol. The van der Waals surface area contributed by atoms with E-state index in [0.717, 1.165) is 29.0 Å². The molecule has 19 heavy (non-hydrogen) atoms. The van der Waals surface area contributed by atoms with E-state index in [9.17, 15) is 0 Å². The van der Waals surface area contributed by atoms with Crippen LogP contribution < -0.4 is 10.5 Å². The second-order valence-electron chi connectivity index (χ2n) is 5.25. The highest BCUT2D eigenvalue weighted by Gasteiger charge is 2.19. The third-order valence-corrected chi connectivity index (χ3v) is 3.54. The van der Waals surface area contributed by atoms with Gasteiger partial charge in [-0.1, -0.05) is 38.1 Å². The van der Waals surface area contributed by atoms with E-state index in [-0.39, 0.29) is 0 Å². The number of nitrogens with zero attached hydrogens (tertiary/aromatic N) is 1. The van der Waals surface area contributed by atoms with Crippen molar-refractivity contribution in [3.63, 3.8) is 0 Å². The van der Waals surface area contributed by atoms with Gasteiger partial charge in [0.2, 0.25) is 0 Å². The van der Waals surface area contributed by atoms with Gasteiger partial charge in [-0.2, -0.15) is 0 Å². The fourth-order valence-electron chi connectivity index (χ4n) is 2.45. The Bertz CT molecular complexity index is 603. The molecule has 2 N–H and O–H groups in total. The highest BCUT2D eigenvalue weighted by Crippen LogP contribution is 2.37. The van der Waals surface area contributed by atoms with Gasteiger partial charge in [0.25, 0.3) is 0 Å². The number of nitrogen functional groups attached to an aromatic ring is 1. The van der Waals surface area contributed by atoms with Crippen molar-refractivity contribution in [3.05, 3.63) is 41.6 Å². The summed E-state index contributed by atoms with van der Waals surface area (Å²) in [5, 5.41) is 0. The van der Waals surface area contributed by atoms with Gasteiger partial charge in [0.15, 0.2) is 0 Å². The molecule has 1 aromatic carbocycles. The van der Waals surface area contributed by atoms with E-state index in [1.165, 1.54) is 5.56 Å². The highest BCUT2D eigenvalue weighted by molar-refractivity contribution is 5.74. The van der Waals surface area contributed by atoms with Gasteiger partial charge in [-0.3, -0.25) is 0 Å². The van der Waals surface area contributed by atoms with Gasteiger partial charge >= 0.3 is 0 Å². The van der Waals surface area contributed by atoms with Crippen LogP contribution >= 0.6 is 0 Å². The Balaban J connectivity index is 2.07. The molecule has 0 atom stereocenters. The van der Waals surface area contributed by atoms with Gasteiger partial charge in [0.05, 0.1) is 12.3 Å². The topological polar surface area (TPSA) is 48.1 Å². The lowest BCUT2D eigenvalue weighted by Crippen LogP contribution is -1.95. The molecule has 0 bridgehead atoms. The largest absolute Gasteiger partial charge is 0.491 e. The normalized spacial score (nSPS) is 13.4. The lowest BCUT2D eigenvalue weighted by molar-refractivity contribution is 0.358. The van der Waals surface area contributed by atoms with Crippen LogP contribution in [0.5, 0.6) is 5.75 Å². The Morgan fingerprint density at radius 3 is 2.63 bits per heavy atom. The lowest BCUT2D eigenvalue weighted by atomic mass is 9.98. The van der Waals surface area contributed by atoms with Crippen molar-refractivity contribution in [2.24, 2.45) is 0 Å². The lowest BCUT2D eigenvalue weighted by Gasteiger charge is -2.11. The predicted molar refractivity (Wildman–Crippen MR) is 77.4 cm³/mol. The molecule has 1 aliphatic rings. The summed E-state index contributed by atoms with van der Waals surface area (Å²) in [6.07, 6.45) is 0.845. The molecule has 98 valence electrons. The van der Waals surface area contributed by atoms with Crippen molar-refractivity contribution in [2.45, 2.75) is 26.2 Å². The van der Waals surface area contributed by atoms with Crippen molar-refractivity contribution in [2.75, 3.05) is 12.3 Å². The van der Waals surface area contributed by atoms with Crippen molar-refractivity contribution >= 4 is 5.82 Å². The van der Waals surface area contributed by atoms with E-state index in [4.69, 9.17) is 10.5 Å². The highest BCUT2D eigenvalue weighted by atomic mass is 16.5. The molecule has 3 heteroatoms. The number of hydrogen-bond donors (Lipinski definition) is 1. The van der Waals surface area contributed by atoms with Crippen LogP contribution in [-0.2, 0) is 6.42 Å². The minimum absolute atomic E-state index is 0.540. The fraction of sp³-hybridized carbons (Fsp3) is 0.312. The minimum Gasteiger partial charge on any atom is -0.491 e. The zero-order valence-electron chi connectivity index (χ0n) is 11.3. The molecule has 2 heterocycles. The molecular formula is C16H18N2O. The summed E-state index contributed by atoms with van der Waals surface area (Å²) < 4.78 is 5.70. The van der Waals surface area contributed by atoms with Gasteiger partial charge < -0.3 is 10.5 Å². The zero-order valence-corrected chi connectivity index (χ0v) is 11.3. The van der Waals surface area contributed by atoms with Crippen molar-refractivity contribution in [1.82, 2.24) is 4.98 Å². The quantitative estimate of drug-likeness (QED) is 0.893. The summed E-state index contributed by atoms with van der Waals surface area (Å²) in [5.74, 6) is 2.00. The molecule has 0 spiro atoms. The average Bonchev–Trinajstić information content (AvgIpc) is 2.85. The van der Waals surface area contributed by atoms with Crippen LogP contribution in [0.3, 0.4) is 0 Å². The van der Waals surface area contributed by atoms with E-state index in [1.54, 1.807) is 0 Å². The van der Waals surface area contributed by atoms with Gasteiger partial charge in [-0.15, -0.1) is 0 Å². The SMILES string of the molecule is CC(C)c1ccc(-c2cc(N)nc3c2OCC3)cc1. The van der Waals surface area contributed by atoms with Crippen LogP contribution in [0.1, 0.15) is 31.0 Å².